The average molecular weight is 1850 g/mol. The lowest BCUT2D eigenvalue weighted by molar-refractivity contribution is 0.543. The second kappa shape index (κ2) is 34.6. The van der Waals surface area contributed by atoms with Crippen molar-refractivity contribution in [1.82, 2.24) is 44.4 Å². The van der Waals surface area contributed by atoms with Gasteiger partial charge in [-0.15, -0.1) is 0 Å². The second-order valence-corrected chi connectivity index (χ2v) is 38.7. The summed E-state index contributed by atoms with van der Waals surface area (Å²) in [5.74, 6) is 4.36. The predicted octanol–water partition coefficient (Wildman–Crippen LogP) is 34.9. The van der Waals surface area contributed by atoms with Gasteiger partial charge in [0.25, 0.3) is 0 Å². The fourth-order valence-electron chi connectivity index (χ4n) is 22.7. The molecule has 27 rings (SSSR count). The summed E-state index contributed by atoms with van der Waals surface area (Å²) in [6, 6.07) is 154. The first-order valence-electron chi connectivity index (χ1n) is 49.1. The molecule has 4 heterocycles. The Labute approximate surface area is 832 Å². The van der Waals surface area contributed by atoms with Gasteiger partial charge in [0.2, 0.25) is 0 Å². The molecule has 10 heteroatoms. The van der Waals surface area contributed by atoms with Crippen molar-refractivity contribution < 1.29 is 0 Å². The number of halogens is 1. The van der Waals surface area contributed by atoms with Crippen LogP contribution in [0.3, 0.4) is 0 Å². The van der Waals surface area contributed by atoms with Gasteiger partial charge in [0, 0.05) is 77.3 Å². The van der Waals surface area contributed by atoms with E-state index in [9.17, 15) is 0 Å². The summed E-state index contributed by atoms with van der Waals surface area (Å²) in [6.45, 7) is 4.82. The molecule has 0 N–H and O–H groups in total. The zero-order valence-corrected chi connectivity index (χ0v) is 79.2. The number of nitrogens with zero attached hydrogens (tertiary/aromatic N) is 9. The molecule has 3 aliphatic carbocycles. The van der Waals surface area contributed by atoms with Crippen molar-refractivity contribution in [2.24, 2.45) is 11.3 Å². The molecule has 672 valence electrons. The van der Waals surface area contributed by atoms with Crippen LogP contribution >= 0.6 is 11.6 Å². The van der Waals surface area contributed by atoms with Crippen molar-refractivity contribution in [3.05, 3.63) is 482 Å². The second-order valence-electron chi connectivity index (χ2n) is 38.3. The molecule has 1 saturated carbocycles. The Morgan fingerprint density at radius 2 is 0.566 bits per heavy atom. The fraction of sp³-hybridized carbons (Fsp3) is 0.0526. The lowest BCUT2D eigenvalue weighted by Gasteiger charge is -2.26. The lowest BCUT2D eigenvalue weighted by atomic mass is 9.78. The minimum atomic E-state index is -0.0970. The third-order valence-corrected chi connectivity index (χ3v) is 29.8. The molecule has 0 radical (unpaired) electrons. The Hall–Kier alpha value is -17.9. The van der Waals surface area contributed by atoms with Crippen molar-refractivity contribution in [1.29, 1.82) is 0 Å². The quantitative estimate of drug-likeness (QED) is 0.0881. The SMILES string of the molecule is CC1(C)C2=CCCC=C2C2CC=C(c3cc(-c4cccc(-c5cccc(-c6nc(-c7cccc(-c8ccccc8-c8ccccc8)c7)nc(-c7ccc8c9ccc(-c%10cccc(-c%11ccccc%11-c%11cccc(-c%12nc(-c%13cccc(Cl)c%13)nc(-c%13ccc%14c%15ccccc%15c%15ccccc%15c%14c%13)n%12)c%11)c%10)cc9c9ccccc9c8c7)n6)c5)c4)nc(-c4ccc5c(c4)c4ccccc4n5-c4ccccc4)n3)C=C21. The molecule has 24 aromatic rings. The van der Waals surface area contributed by atoms with Gasteiger partial charge in [0.15, 0.2) is 40.8 Å². The largest absolute Gasteiger partial charge is 0.309 e. The number of fused-ring (bicyclic) bond motifs is 18. The van der Waals surface area contributed by atoms with E-state index in [-0.39, 0.29) is 5.41 Å². The topological polar surface area (TPSA) is 108 Å². The van der Waals surface area contributed by atoms with Gasteiger partial charge in [0.05, 0.1) is 22.4 Å². The standard InChI is InChI=1S/C133H88ClN9/c1-133(2)120-57-21-19-55-113(120)114-67-60-90(79-121(114)133)123-80-122(135-126(136-123)97-63-68-125-119(78-97)115-56-20-22-58-124(115)143(125)99-43-7-4-8-44-99)89-37-24-32-83(70-89)84-33-25-38-91(71-84)127-137-128(92-39-26-35-87(72-92)101-46-10-9-45-100(101)81-29-5-3-6-30-81)140-131(139-127)96-62-66-112-111-64-59-85(75-116(111)108-53-17-18-54-109(108)118(112)77-96)82-31-23-34-86(69-82)102-47-11-12-48-103(102)88-36-27-40-93(73-88)129-138-130(94-41-28-42-98(134)74-94)142-132(141-129)95-61-65-110-106-51-14-13-49-104(106)105-50-15-16-52-107(105)117(110)76-95/h3-18,20,22-66,68-80,114H,19,21,67H2,1-2H3. The summed E-state index contributed by atoms with van der Waals surface area (Å²) in [4.78, 5) is 43.6. The molecular formula is C133H88ClN9. The van der Waals surface area contributed by atoms with Crippen LogP contribution < -0.4 is 0 Å². The van der Waals surface area contributed by atoms with Crippen molar-refractivity contribution in [2.45, 2.75) is 33.1 Å². The minimum absolute atomic E-state index is 0.0970. The molecule has 0 saturated heterocycles. The Kier molecular flexibility index (Phi) is 20.4. The van der Waals surface area contributed by atoms with Crippen molar-refractivity contribution in [3.8, 4) is 163 Å². The molecule has 0 bridgehead atoms. The number of rotatable bonds is 16. The maximum atomic E-state index is 6.72. The molecule has 9 nitrogen and oxygen atoms in total. The van der Waals surface area contributed by atoms with Crippen molar-refractivity contribution in [3.63, 3.8) is 0 Å². The molecular weight excluding hydrogens is 1760 g/mol. The highest BCUT2D eigenvalue weighted by molar-refractivity contribution is 6.31. The summed E-state index contributed by atoms with van der Waals surface area (Å²) < 4.78 is 2.36. The fourth-order valence-corrected chi connectivity index (χ4v) is 22.9. The van der Waals surface area contributed by atoms with Crippen LogP contribution in [0.15, 0.2) is 472 Å². The summed E-state index contributed by atoms with van der Waals surface area (Å²) in [6.07, 6.45) is 13.0. The van der Waals surface area contributed by atoms with E-state index in [4.69, 9.17) is 51.5 Å². The van der Waals surface area contributed by atoms with Gasteiger partial charge in [-0.2, -0.15) is 0 Å². The third-order valence-electron chi connectivity index (χ3n) is 29.6. The Morgan fingerprint density at radius 1 is 0.238 bits per heavy atom. The van der Waals surface area contributed by atoms with Crippen LogP contribution in [0.4, 0.5) is 0 Å². The minimum Gasteiger partial charge on any atom is -0.309 e. The first kappa shape index (κ1) is 84.4. The van der Waals surface area contributed by atoms with Crippen LogP contribution in [0, 0.1) is 11.3 Å². The van der Waals surface area contributed by atoms with Gasteiger partial charge in [-0.3, -0.25) is 0 Å². The first-order valence-corrected chi connectivity index (χ1v) is 49.5. The highest BCUT2D eigenvalue weighted by Crippen LogP contribution is 2.59. The number of hydrogen-bond donors (Lipinski definition) is 0. The van der Waals surface area contributed by atoms with Crippen LogP contribution in [0.2, 0.25) is 5.02 Å². The lowest BCUT2D eigenvalue weighted by Crippen LogP contribution is -2.15. The predicted molar refractivity (Wildman–Crippen MR) is 593 cm³/mol. The van der Waals surface area contributed by atoms with E-state index >= 15 is 0 Å². The number of benzene rings is 20. The summed E-state index contributed by atoms with van der Waals surface area (Å²) in [7, 11) is 0. The van der Waals surface area contributed by atoms with Crippen LogP contribution in [0.1, 0.15) is 38.8 Å². The highest BCUT2D eigenvalue weighted by atomic mass is 35.5. The number of hydrogen-bond acceptors (Lipinski definition) is 8. The maximum absolute atomic E-state index is 6.72. The Balaban J connectivity index is 0.540. The monoisotopic (exact) mass is 1850 g/mol. The van der Waals surface area contributed by atoms with E-state index < -0.39 is 0 Å². The van der Waals surface area contributed by atoms with Gasteiger partial charge in [-0.1, -0.05) is 383 Å². The molecule has 1 unspecified atom stereocenters. The summed E-state index contributed by atoms with van der Waals surface area (Å²) in [5.41, 5.74) is 30.6. The number of para-hydroxylation sites is 2. The van der Waals surface area contributed by atoms with E-state index in [0.717, 1.165) is 207 Å². The normalized spacial score (nSPS) is 13.9. The smallest absolute Gasteiger partial charge is 0.164 e. The van der Waals surface area contributed by atoms with Crippen LogP contribution in [0.25, 0.3) is 255 Å². The molecule has 0 amide bonds. The van der Waals surface area contributed by atoms with Gasteiger partial charge >= 0.3 is 0 Å². The van der Waals surface area contributed by atoms with Gasteiger partial charge in [-0.05, 0) is 271 Å². The summed E-state index contributed by atoms with van der Waals surface area (Å²) in [5, 5.41) is 16.8. The molecule has 0 spiro atoms. The molecule has 0 aliphatic heterocycles. The molecule has 1 fully saturated rings. The molecule has 4 aromatic heterocycles. The van der Waals surface area contributed by atoms with E-state index in [0.29, 0.717) is 51.7 Å². The number of allylic oxidation sites excluding steroid dienone is 8. The van der Waals surface area contributed by atoms with Gasteiger partial charge in [0.1, 0.15) is 0 Å². The number of aromatic nitrogens is 9. The zero-order valence-electron chi connectivity index (χ0n) is 78.4. The first-order chi connectivity index (χ1) is 70.5. The van der Waals surface area contributed by atoms with Crippen LogP contribution in [-0.2, 0) is 0 Å². The van der Waals surface area contributed by atoms with Gasteiger partial charge in [-0.25, -0.2) is 39.9 Å². The Bertz CT molecular complexity index is 9520. The highest BCUT2D eigenvalue weighted by Gasteiger charge is 2.45. The average Bonchev–Trinajstić information content (AvgIpc) is 1.69. The van der Waals surface area contributed by atoms with Crippen molar-refractivity contribution in [2.75, 3.05) is 0 Å². The Morgan fingerprint density at radius 3 is 1.08 bits per heavy atom. The third kappa shape index (κ3) is 14.9. The van der Waals surface area contributed by atoms with E-state index in [1.807, 2.05) is 24.3 Å². The zero-order chi connectivity index (χ0) is 94.9. The van der Waals surface area contributed by atoms with Crippen LogP contribution in [0.5, 0.6) is 0 Å². The van der Waals surface area contributed by atoms with E-state index in [2.05, 4.69) is 449 Å². The van der Waals surface area contributed by atoms with E-state index in [1.165, 1.54) is 49.0 Å². The molecule has 3 aliphatic rings. The van der Waals surface area contributed by atoms with Crippen molar-refractivity contribution >= 4 is 104 Å². The van der Waals surface area contributed by atoms with E-state index in [1.54, 1.807) is 0 Å². The maximum Gasteiger partial charge on any atom is 0.164 e. The van der Waals surface area contributed by atoms with Gasteiger partial charge < -0.3 is 4.57 Å². The molecule has 20 aromatic carbocycles. The van der Waals surface area contributed by atoms with Crippen LogP contribution in [-0.4, -0.2) is 44.4 Å². The molecule has 143 heavy (non-hydrogen) atoms. The molecule has 1 atom stereocenters. The summed E-state index contributed by atoms with van der Waals surface area (Å²) >= 11 is 6.72.